The maximum Gasteiger partial charge on any atom is 0.255 e. The number of carbonyl (C=O) groups excluding carboxylic acids is 1. The molecular weight excluding hydrogens is 318 g/mol. The van der Waals surface area contributed by atoms with E-state index >= 15 is 0 Å². The smallest absolute Gasteiger partial charge is 0.255 e. The van der Waals surface area contributed by atoms with Crippen LogP contribution in [0.2, 0.25) is 0 Å². The van der Waals surface area contributed by atoms with E-state index in [1.807, 2.05) is 31.2 Å². The first-order chi connectivity index (χ1) is 12.1. The molecule has 1 fully saturated rings. The van der Waals surface area contributed by atoms with Crippen LogP contribution in [0.4, 0.5) is 0 Å². The van der Waals surface area contributed by atoms with Crippen LogP contribution in [0.15, 0.2) is 42.5 Å². The van der Waals surface area contributed by atoms with Gasteiger partial charge in [0, 0.05) is 13.2 Å². The molecule has 0 spiro atoms. The molecular formula is C20H23NO4. The molecule has 0 aromatic heterocycles. The average molecular weight is 341 g/mol. The highest BCUT2D eigenvalue weighted by Gasteiger charge is 2.16. The van der Waals surface area contributed by atoms with E-state index in [4.69, 9.17) is 9.47 Å². The van der Waals surface area contributed by atoms with Crippen molar-refractivity contribution in [1.29, 1.82) is 0 Å². The van der Waals surface area contributed by atoms with Gasteiger partial charge in [-0.3, -0.25) is 4.79 Å². The Morgan fingerprint density at radius 3 is 2.76 bits per heavy atom. The molecule has 2 aromatic carbocycles. The number of benzene rings is 2. The molecule has 132 valence electrons. The summed E-state index contributed by atoms with van der Waals surface area (Å²) in [5.41, 5.74) is 2.15. The molecule has 1 amide bonds. The standard InChI is InChI=1S/C20H23NO4/c1-14-4-9-18(19(22)11-14)20(23)21-12-15-5-7-16(8-6-15)25-13-17-3-2-10-24-17/h4-9,11,17,22H,2-3,10,12-13H2,1H3,(H,21,23). The predicted octanol–water partition coefficient (Wildman–Crippen LogP) is 3.19. The minimum atomic E-state index is -0.295. The van der Waals surface area contributed by atoms with Gasteiger partial charge in [0.05, 0.1) is 11.7 Å². The summed E-state index contributed by atoms with van der Waals surface area (Å²) >= 11 is 0. The van der Waals surface area contributed by atoms with Gasteiger partial charge in [0.2, 0.25) is 0 Å². The monoisotopic (exact) mass is 341 g/mol. The molecule has 2 N–H and O–H groups in total. The van der Waals surface area contributed by atoms with E-state index < -0.39 is 0 Å². The largest absolute Gasteiger partial charge is 0.507 e. The van der Waals surface area contributed by atoms with Crippen LogP contribution in [0, 0.1) is 6.92 Å². The quantitative estimate of drug-likeness (QED) is 0.847. The van der Waals surface area contributed by atoms with Crippen molar-refractivity contribution in [3.8, 4) is 11.5 Å². The second-order valence-corrected chi connectivity index (χ2v) is 6.29. The van der Waals surface area contributed by atoms with Crippen LogP contribution >= 0.6 is 0 Å². The number of hydrogen-bond acceptors (Lipinski definition) is 4. The van der Waals surface area contributed by atoms with Crippen molar-refractivity contribution in [3.63, 3.8) is 0 Å². The molecule has 1 heterocycles. The number of aromatic hydroxyl groups is 1. The molecule has 1 aliphatic heterocycles. The van der Waals surface area contributed by atoms with Gasteiger partial charge in [0.25, 0.3) is 5.91 Å². The number of phenols is 1. The molecule has 25 heavy (non-hydrogen) atoms. The minimum absolute atomic E-state index is 0.00428. The van der Waals surface area contributed by atoms with Crippen LogP contribution in [0.5, 0.6) is 11.5 Å². The molecule has 1 saturated heterocycles. The first kappa shape index (κ1) is 17.3. The van der Waals surface area contributed by atoms with Gasteiger partial charge < -0.3 is 19.9 Å². The number of phenolic OH excluding ortho intramolecular Hbond substituents is 1. The topological polar surface area (TPSA) is 67.8 Å². The lowest BCUT2D eigenvalue weighted by Crippen LogP contribution is -2.22. The molecule has 2 aromatic rings. The van der Waals surface area contributed by atoms with E-state index in [2.05, 4.69) is 5.32 Å². The van der Waals surface area contributed by atoms with Crippen molar-refractivity contribution in [2.24, 2.45) is 0 Å². The van der Waals surface area contributed by atoms with Crippen molar-refractivity contribution < 1.29 is 19.4 Å². The number of hydrogen-bond donors (Lipinski definition) is 2. The highest BCUT2D eigenvalue weighted by atomic mass is 16.5. The Morgan fingerprint density at radius 2 is 2.08 bits per heavy atom. The molecule has 1 atom stereocenters. The Hall–Kier alpha value is -2.53. The van der Waals surface area contributed by atoms with Gasteiger partial charge in [-0.2, -0.15) is 0 Å². The molecule has 5 nitrogen and oxygen atoms in total. The lowest BCUT2D eigenvalue weighted by Gasteiger charge is -2.12. The number of aryl methyl sites for hydroxylation is 1. The van der Waals surface area contributed by atoms with Crippen LogP contribution in [0.25, 0.3) is 0 Å². The van der Waals surface area contributed by atoms with E-state index in [9.17, 15) is 9.90 Å². The van der Waals surface area contributed by atoms with Crippen LogP contribution in [-0.2, 0) is 11.3 Å². The minimum Gasteiger partial charge on any atom is -0.507 e. The Balaban J connectivity index is 1.50. The fourth-order valence-corrected chi connectivity index (χ4v) is 2.78. The predicted molar refractivity (Wildman–Crippen MR) is 94.9 cm³/mol. The van der Waals surface area contributed by atoms with Crippen molar-refractivity contribution >= 4 is 5.91 Å². The Kier molecular flexibility index (Phi) is 5.56. The first-order valence-corrected chi connectivity index (χ1v) is 8.53. The fraction of sp³-hybridized carbons (Fsp3) is 0.350. The highest BCUT2D eigenvalue weighted by Crippen LogP contribution is 2.19. The van der Waals surface area contributed by atoms with Gasteiger partial charge in [-0.25, -0.2) is 0 Å². The summed E-state index contributed by atoms with van der Waals surface area (Å²) in [5.74, 6) is 0.494. The van der Waals surface area contributed by atoms with E-state index in [1.165, 1.54) is 0 Å². The molecule has 1 unspecified atom stereocenters. The van der Waals surface area contributed by atoms with Crippen LogP contribution in [0.1, 0.15) is 34.3 Å². The molecule has 0 bridgehead atoms. The van der Waals surface area contributed by atoms with E-state index in [-0.39, 0.29) is 23.3 Å². The maximum atomic E-state index is 12.2. The third-order valence-electron chi connectivity index (χ3n) is 4.23. The summed E-state index contributed by atoms with van der Waals surface area (Å²) in [6.07, 6.45) is 2.35. The van der Waals surface area contributed by atoms with E-state index in [0.29, 0.717) is 13.2 Å². The summed E-state index contributed by atoms with van der Waals surface area (Å²) in [6, 6.07) is 12.6. The van der Waals surface area contributed by atoms with Gasteiger partial charge in [0.1, 0.15) is 18.1 Å². The summed E-state index contributed by atoms with van der Waals surface area (Å²) in [7, 11) is 0. The normalized spacial score (nSPS) is 16.6. The first-order valence-electron chi connectivity index (χ1n) is 8.53. The highest BCUT2D eigenvalue weighted by molar-refractivity contribution is 5.96. The van der Waals surface area contributed by atoms with Crippen molar-refractivity contribution in [3.05, 3.63) is 59.2 Å². The molecule has 1 aliphatic rings. The number of nitrogens with one attached hydrogen (secondary N) is 1. The van der Waals surface area contributed by atoms with Gasteiger partial charge in [-0.05, 0) is 55.2 Å². The summed E-state index contributed by atoms with van der Waals surface area (Å²) in [6.45, 7) is 3.65. The summed E-state index contributed by atoms with van der Waals surface area (Å²) < 4.78 is 11.3. The Morgan fingerprint density at radius 1 is 1.28 bits per heavy atom. The zero-order valence-corrected chi connectivity index (χ0v) is 14.3. The molecule has 5 heteroatoms. The van der Waals surface area contributed by atoms with Crippen LogP contribution in [-0.4, -0.2) is 30.3 Å². The van der Waals surface area contributed by atoms with Gasteiger partial charge in [-0.15, -0.1) is 0 Å². The van der Waals surface area contributed by atoms with Crippen LogP contribution < -0.4 is 10.1 Å². The molecule has 3 rings (SSSR count). The Labute approximate surface area is 147 Å². The molecule has 0 saturated carbocycles. The zero-order valence-electron chi connectivity index (χ0n) is 14.3. The third kappa shape index (κ3) is 4.73. The molecule has 0 aliphatic carbocycles. The summed E-state index contributed by atoms with van der Waals surface area (Å²) in [4.78, 5) is 12.2. The number of amides is 1. The second kappa shape index (κ2) is 8.03. The van der Waals surface area contributed by atoms with Crippen LogP contribution in [0.3, 0.4) is 0 Å². The number of rotatable bonds is 6. The van der Waals surface area contributed by atoms with Crippen molar-refractivity contribution in [2.75, 3.05) is 13.2 Å². The van der Waals surface area contributed by atoms with Gasteiger partial charge in [0.15, 0.2) is 0 Å². The SMILES string of the molecule is Cc1ccc(C(=O)NCc2ccc(OCC3CCCO3)cc2)c(O)c1. The lowest BCUT2D eigenvalue weighted by atomic mass is 10.1. The van der Waals surface area contributed by atoms with E-state index in [0.717, 1.165) is 36.3 Å². The average Bonchev–Trinajstić information content (AvgIpc) is 3.12. The summed E-state index contributed by atoms with van der Waals surface area (Å²) in [5, 5.41) is 12.7. The lowest BCUT2D eigenvalue weighted by molar-refractivity contribution is 0.0679. The fourth-order valence-electron chi connectivity index (χ4n) is 2.78. The van der Waals surface area contributed by atoms with Crippen molar-refractivity contribution in [1.82, 2.24) is 5.32 Å². The third-order valence-corrected chi connectivity index (χ3v) is 4.23. The number of ether oxygens (including phenoxy) is 2. The van der Waals surface area contributed by atoms with Gasteiger partial charge in [-0.1, -0.05) is 18.2 Å². The second-order valence-electron chi connectivity index (χ2n) is 6.29. The molecule has 0 radical (unpaired) electrons. The zero-order chi connectivity index (χ0) is 17.6. The van der Waals surface area contributed by atoms with Gasteiger partial charge >= 0.3 is 0 Å². The van der Waals surface area contributed by atoms with E-state index in [1.54, 1.807) is 18.2 Å². The number of carbonyl (C=O) groups is 1. The van der Waals surface area contributed by atoms with Crippen molar-refractivity contribution in [2.45, 2.75) is 32.4 Å². The maximum absolute atomic E-state index is 12.2. The Bertz CT molecular complexity index is 721.